The number of carbonyl (C=O) groups is 1. The second-order valence-corrected chi connectivity index (χ2v) is 6.39. The molecule has 0 radical (unpaired) electrons. The van der Waals surface area contributed by atoms with Gasteiger partial charge in [0.2, 0.25) is 0 Å². The molecule has 21 heavy (non-hydrogen) atoms. The van der Waals surface area contributed by atoms with Crippen molar-refractivity contribution in [1.82, 2.24) is 9.88 Å². The van der Waals surface area contributed by atoms with Gasteiger partial charge in [0.25, 0.3) is 5.91 Å². The summed E-state index contributed by atoms with van der Waals surface area (Å²) in [5.41, 5.74) is 6.77. The van der Waals surface area contributed by atoms with Crippen LogP contribution in [0, 0.1) is 5.92 Å². The molecule has 6 heteroatoms. The minimum absolute atomic E-state index is 0.00990. The minimum atomic E-state index is -0.122. The first kappa shape index (κ1) is 14.9. The summed E-state index contributed by atoms with van der Waals surface area (Å²) in [7, 11) is 0. The smallest absolute Gasteiger partial charge is 0.268 e. The van der Waals surface area contributed by atoms with E-state index in [-0.39, 0.29) is 24.1 Å². The van der Waals surface area contributed by atoms with E-state index in [4.69, 9.17) is 22.1 Å². The van der Waals surface area contributed by atoms with Crippen LogP contribution in [-0.2, 0) is 11.3 Å². The van der Waals surface area contributed by atoms with Crippen molar-refractivity contribution in [2.24, 2.45) is 11.7 Å². The monoisotopic (exact) mass is 311 g/mol. The number of rotatable bonds is 4. The maximum Gasteiger partial charge on any atom is 0.268 e. The molecular formula is C15H22ClN3O2. The molecule has 1 amide bonds. The van der Waals surface area contributed by atoms with E-state index in [9.17, 15) is 4.79 Å². The highest BCUT2D eigenvalue weighted by atomic mass is 35.5. The van der Waals surface area contributed by atoms with Crippen molar-refractivity contribution in [3.8, 4) is 0 Å². The van der Waals surface area contributed by atoms with Gasteiger partial charge in [0.15, 0.2) is 0 Å². The number of hydrogen-bond acceptors (Lipinski definition) is 3. The Morgan fingerprint density at radius 2 is 2.43 bits per heavy atom. The van der Waals surface area contributed by atoms with Crippen molar-refractivity contribution in [2.45, 2.75) is 50.9 Å². The lowest BCUT2D eigenvalue weighted by Gasteiger charge is -2.52. The van der Waals surface area contributed by atoms with E-state index in [0.29, 0.717) is 16.6 Å². The van der Waals surface area contributed by atoms with Crippen LogP contribution in [0.3, 0.4) is 0 Å². The molecule has 4 unspecified atom stereocenters. The fourth-order valence-corrected chi connectivity index (χ4v) is 3.66. The zero-order valence-electron chi connectivity index (χ0n) is 12.2. The molecular weight excluding hydrogens is 290 g/mol. The Balaban J connectivity index is 1.69. The van der Waals surface area contributed by atoms with Crippen LogP contribution in [0.2, 0.25) is 5.02 Å². The Hall–Kier alpha value is -1.04. The number of aryl methyl sites for hydroxylation is 1. The second-order valence-electron chi connectivity index (χ2n) is 5.96. The number of amides is 1. The van der Waals surface area contributed by atoms with E-state index in [1.807, 2.05) is 4.57 Å². The van der Waals surface area contributed by atoms with Crippen LogP contribution in [0.4, 0.5) is 0 Å². The van der Waals surface area contributed by atoms with Gasteiger partial charge < -0.3 is 20.4 Å². The van der Waals surface area contributed by atoms with Gasteiger partial charge in [-0.3, -0.25) is 4.79 Å². The van der Waals surface area contributed by atoms with E-state index in [1.165, 1.54) is 0 Å². The van der Waals surface area contributed by atoms with Crippen molar-refractivity contribution < 1.29 is 9.53 Å². The molecule has 4 atom stereocenters. The highest BCUT2D eigenvalue weighted by molar-refractivity contribution is 6.31. The molecule has 5 nitrogen and oxygen atoms in total. The van der Waals surface area contributed by atoms with Gasteiger partial charge in [-0.15, -0.1) is 0 Å². The third-order valence-corrected chi connectivity index (χ3v) is 4.74. The Kier molecular flexibility index (Phi) is 4.24. The minimum Gasteiger partial charge on any atom is -0.376 e. The summed E-state index contributed by atoms with van der Waals surface area (Å²) in [6.07, 6.45) is 4.96. The topological polar surface area (TPSA) is 69.3 Å². The quantitative estimate of drug-likeness (QED) is 0.890. The van der Waals surface area contributed by atoms with E-state index >= 15 is 0 Å². The van der Waals surface area contributed by atoms with Crippen LogP contribution in [0.25, 0.3) is 0 Å². The first-order valence-electron chi connectivity index (χ1n) is 7.65. The number of nitrogens with zero attached hydrogens (tertiary/aromatic N) is 1. The van der Waals surface area contributed by atoms with Crippen molar-refractivity contribution in [3.05, 3.63) is 23.0 Å². The molecule has 0 aromatic carbocycles. The zero-order valence-corrected chi connectivity index (χ0v) is 13.0. The third kappa shape index (κ3) is 2.70. The number of nitrogens with one attached hydrogen (secondary N) is 1. The summed E-state index contributed by atoms with van der Waals surface area (Å²) >= 11 is 6.02. The normalized spacial score (nSPS) is 31.4. The van der Waals surface area contributed by atoms with Gasteiger partial charge in [-0.25, -0.2) is 0 Å². The Bertz CT molecular complexity index is 531. The molecule has 2 aliphatic rings. The molecule has 1 saturated carbocycles. The summed E-state index contributed by atoms with van der Waals surface area (Å²) in [6.45, 7) is 3.60. The van der Waals surface area contributed by atoms with Crippen LogP contribution in [0.5, 0.6) is 0 Å². The second kappa shape index (κ2) is 5.99. The lowest BCUT2D eigenvalue weighted by molar-refractivity contribution is -0.117. The molecule has 1 aromatic rings. The maximum atomic E-state index is 12.5. The molecule has 3 rings (SSSR count). The Morgan fingerprint density at radius 3 is 3.19 bits per heavy atom. The number of ether oxygens (including phenoxy) is 1. The fourth-order valence-electron chi connectivity index (χ4n) is 3.44. The highest BCUT2D eigenvalue weighted by Gasteiger charge is 2.51. The molecule has 1 aliphatic heterocycles. The van der Waals surface area contributed by atoms with Gasteiger partial charge >= 0.3 is 0 Å². The van der Waals surface area contributed by atoms with Gasteiger partial charge in [-0.2, -0.15) is 0 Å². The SMILES string of the molecule is CCCn1cc(Cl)cc1C(=O)NC1C(N)C2CCCOC21. The van der Waals surface area contributed by atoms with Gasteiger partial charge in [-0.1, -0.05) is 18.5 Å². The molecule has 0 spiro atoms. The Morgan fingerprint density at radius 1 is 1.62 bits per heavy atom. The largest absolute Gasteiger partial charge is 0.376 e. The van der Waals surface area contributed by atoms with Crippen LogP contribution in [0.15, 0.2) is 12.3 Å². The van der Waals surface area contributed by atoms with E-state index in [0.717, 1.165) is 32.4 Å². The number of hydrogen-bond donors (Lipinski definition) is 2. The lowest BCUT2D eigenvalue weighted by atomic mass is 9.68. The lowest BCUT2D eigenvalue weighted by Crippen LogP contribution is -2.72. The predicted molar refractivity (Wildman–Crippen MR) is 81.4 cm³/mol. The number of halogens is 1. The van der Waals surface area contributed by atoms with Crippen molar-refractivity contribution >= 4 is 17.5 Å². The van der Waals surface area contributed by atoms with Gasteiger partial charge in [-0.05, 0) is 25.3 Å². The molecule has 3 N–H and O–H groups in total. The molecule has 0 bridgehead atoms. The summed E-state index contributed by atoms with van der Waals surface area (Å²) in [5.74, 6) is 0.262. The van der Waals surface area contributed by atoms with Crippen molar-refractivity contribution in [2.75, 3.05) is 6.61 Å². The summed E-state index contributed by atoms with van der Waals surface area (Å²) in [4.78, 5) is 12.5. The maximum absolute atomic E-state index is 12.5. The molecule has 1 aliphatic carbocycles. The van der Waals surface area contributed by atoms with Crippen LogP contribution in [0.1, 0.15) is 36.7 Å². The number of fused-ring (bicyclic) bond motifs is 1. The van der Waals surface area contributed by atoms with Crippen LogP contribution in [-0.4, -0.2) is 35.3 Å². The zero-order chi connectivity index (χ0) is 15.0. The van der Waals surface area contributed by atoms with Gasteiger partial charge in [0, 0.05) is 31.3 Å². The number of carbonyl (C=O) groups excluding carboxylic acids is 1. The van der Waals surface area contributed by atoms with E-state index in [1.54, 1.807) is 12.3 Å². The fraction of sp³-hybridized carbons (Fsp3) is 0.667. The Labute approximate surface area is 129 Å². The first-order valence-corrected chi connectivity index (χ1v) is 8.03. The summed E-state index contributed by atoms with van der Waals surface area (Å²) in [6, 6.07) is 1.60. The molecule has 1 saturated heterocycles. The van der Waals surface area contributed by atoms with Crippen molar-refractivity contribution in [3.63, 3.8) is 0 Å². The average Bonchev–Trinajstić information content (AvgIpc) is 2.85. The summed E-state index contributed by atoms with van der Waals surface area (Å²) < 4.78 is 7.64. The van der Waals surface area contributed by atoms with Crippen molar-refractivity contribution in [1.29, 1.82) is 0 Å². The van der Waals surface area contributed by atoms with Gasteiger partial charge in [0.1, 0.15) is 5.69 Å². The first-order chi connectivity index (χ1) is 10.1. The predicted octanol–water partition coefficient (Wildman–Crippen LogP) is 1.79. The standard InChI is InChI=1S/C15H22ClN3O2/c1-2-5-19-8-9(16)7-11(19)15(20)18-13-12(17)10-4-3-6-21-14(10)13/h7-8,10,12-14H,2-6,17H2,1H3,(H,18,20). The highest BCUT2D eigenvalue weighted by Crippen LogP contribution is 2.37. The van der Waals surface area contributed by atoms with Crippen LogP contribution >= 0.6 is 11.6 Å². The molecule has 2 heterocycles. The molecule has 2 fully saturated rings. The summed E-state index contributed by atoms with van der Waals surface area (Å²) in [5, 5.41) is 3.61. The number of aromatic nitrogens is 1. The molecule has 1 aromatic heterocycles. The third-order valence-electron chi connectivity index (χ3n) is 4.54. The van der Waals surface area contributed by atoms with E-state index < -0.39 is 0 Å². The number of nitrogens with two attached hydrogens (primary N) is 1. The van der Waals surface area contributed by atoms with E-state index in [2.05, 4.69) is 12.2 Å². The van der Waals surface area contributed by atoms with Gasteiger partial charge in [0.05, 0.1) is 17.2 Å². The molecule has 116 valence electrons. The van der Waals surface area contributed by atoms with Crippen LogP contribution < -0.4 is 11.1 Å². The average molecular weight is 312 g/mol.